The van der Waals surface area contributed by atoms with E-state index in [4.69, 9.17) is 0 Å². The number of carbonyl (C=O) groups excluding carboxylic acids is 1. The van der Waals surface area contributed by atoms with Gasteiger partial charge in [-0.3, -0.25) is 4.79 Å². The number of benzene rings is 1. The first-order valence-electron chi connectivity index (χ1n) is 5.98. The molecule has 0 N–H and O–H groups in total. The van der Waals surface area contributed by atoms with Crippen LogP contribution >= 0.6 is 11.8 Å². The Hall–Kier alpha value is -2.15. The number of ether oxygens (including phenoxy) is 1. The van der Waals surface area contributed by atoms with Crippen molar-refractivity contribution in [2.24, 2.45) is 7.05 Å². The zero-order valence-electron chi connectivity index (χ0n) is 11.0. The minimum Gasteiger partial charge on any atom is -0.468 e. The number of para-hydroxylation sites is 1. The Bertz CT molecular complexity index is 800. The van der Waals surface area contributed by atoms with Crippen molar-refractivity contribution in [3.05, 3.63) is 24.3 Å². The second kappa shape index (κ2) is 5.09. The number of thioether (sulfide) groups is 1. The predicted octanol–water partition coefficient (Wildman–Crippen LogP) is 1.78. The van der Waals surface area contributed by atoms with Gasteiger partial charge in [0.05, 0.1) is 18.4 Å². The maximum absolute atomic E-state index is 11.1. The molecule has 0 bridgehead atoms. The highest BCUT2D eigenvalue weighted by Gasteiger charge is 2.13. The van der Waals surface area contributed by atoms with Crippen molar-refractivity contribution in [3.8, 4) is 0 Å². The van der Waals surface area contributed by atoms with E-state index >= 15 is 0 Å². The molecule has 0 amide bonds. The molecule has 102 valence electrons. The molecule has 0 radical (unpaired) electrons. The smallest absolute Gasteiger partial charge is 0.316 e. The van der Waals surface area contributed by atoms with Gasteiger partial charge in [-0.05, 0) is 6.07 Å². The number of carbonyl (C=O) groups is 1. The van der Waals surface area contributed by atoms with Gasteiger partial charge in [0.2, 0.25) is 5.16 Å². The fraction of sp³-hybridized carbons (Fsp3) is 0.231. The molecule has 20 heavy (non-hydrogen) atoms. The first-order chi connectivity index (χ1) is 9.70. The van der Waals surface area contributed by atoms with Gasteiger partial charge in [0.25, 0.3) is 0 Å². The number of hydrogen-bond acceptors (Lipinski definition) is 6. The zero-order valence-corrected chi connectivity index (χ0v) is 11.8. The summed E-state index contributed by atoms with van der Waals surface area (Å²) in [4.78, 5) is 15.6. The van der Waals surface area contributed by atoms with Gasteiger partial charge in [-0.2, -0.15) is 0 Å². The summed E-state index contributed by atoms with van der Waals surface area (Å²) >= 11 is 1.21. The molecule has 2 aromatic heterocycles. The van der Waals surface area contributed by atoms with Gasteiger partial charge in [0.1, 0.15) is 5.52 Å². The molecular weight excluding hydrogens is 276 g/mol. The number of aryl methyl sites for hydroxylation is 1. The lowest BCUT2D eigenvalue weighted by molar-refractivity contribution is -0.137. The summed E-state index contributed by atoms with van der Waals surface area (Å²) in [6.07, 6.45) is 0. The van der Waals surface area contributed by atoms with Gasteiger partial charge >= 0.3 is 5.97 Å². The Morgan fingerprint density at radius 1 is 1.35 bits per heavy atom. The van der Waals surface area contributed by atoms with Gasteiger partial charge in [-0.1, -0.05) is 30.0 Å². The van der Waals surface area contributed by atoms with Crippen molar-refractivity contribution in [1.29, 1.82) is 0 Å². The maximum atomic E-state index is 11.1. The molecule has 3 aromatic rings. The number of esters is 1. The summed E-state index contributed by atoms with van der Waals surface area (Å²) in [5.41, 5.74) is 2.58. The van der Waals surface area contributed by atoms with Crippen LogP contribution in [0, 0.1) is 0 Å². The van der Waals surface area contributed by atoms with Crippen LogP contribution in [0.3, 0.4) is 0 Å². The van der Waals surface area contributed by atoms with Crippen molar-refractivity contribution in [2.75, 3.05) is 12.9 Å². The number of aromatic nitrogens is 4. The highest BCUT2D eigenvalue weighted by atomic mass is 32.2. The van der Waals surface area contributed by atoms with E-state index in [0.717, 1.165) is 22.1 Å². The van der Waals surface area contributed by atoms with Gasteiger partial charge in [-0.15, -0.1) is 10.2 Å². The summed E-state index contributed by atoms with van der Waals surface area (Å²) in [5.74, 6) is -0.135. The van der Waals surface area contributed by atoms with E-state index in [1.54, 1.807) is 0 Å². The molecule has 0 aliphatic rings. The molecule has 6 nitrogen and oxygen atoms in total. The molecular formula is C13H12N4O2S. The molecule has 0 fully saturated rings. The van der Waals surface area contributed by atoms with Crippen molar-refractivity contribution in [2.45, 2.75) is 5.16 Å². The topological polar surface area (TPSA) is 69.9 Å². The summed E-state index contributed by atoms with van der Waals surface area (Å²) in [5, 5.41) is 9.77. The Labute approximate surface area is 119 Å². The highest BCUT2D eigenvalue weighted by molar-refractivity contribution is 7.99. The number of rotatable bonds is 3. The fourth-order valence-corrected chi connectivity index (χ4v) is 2.65. The van der Waals surface area contributed by atoms with Crippen LogP contribution < -0.4 is 0 Å². The lowest BCUT2D eigenvalue weighted by atomic mass is 10.2. The molecule has 7 heteroatoms. The third-order valence-electron chi connectivity index (χ3n) is 3.03. The fourth-order valence-electron chi connectivity index (χ4n) is 2.04. The normalized spacial score (nSPS) is 11.1. The summed E-state index contributed by atoms with van der Waals surface area (Å²) in [6.45, 7) is 0. The van der Waals surface area contributed by atoms with E-state index < -0.39 is 0 Å². The highest BCUT2D eigenvalue weighted by Crippen LogP contribution is 2.25. The first-order valence-corrected chi connectivity index (χ1v) is 6.96. The number of hydrogen-bond donors (Lipinski definition) is 0. The van der Waals surface area contributed by atoms with E-state index in [1.807, 2.05) is 35.9 Å². The lowest BCUT2D eigenvalue weighted by Crippen LogP contribution is -2.04. The van der Waals surface area contributed by atoms with Crippen LogP contribution in [0.2, 0.25) is 0 Å². The van der Waals surface area contributed by atoms with Crippen molar-refractivity contribution in [1.82, 2.24) is 19.7 Å². The standard InChI is InChI=1S/C13H12N4O2S/c1-17-9-6-4-3-5-8(9)11-12(17)14-13(16-15-11)20-7-10(18)19-2/h3-6H,7H2,1-2H3. The molecule has 0 unspecified atom stereocenters. The molecule has 0 saturated carbocycles. The van der Waals surface area contributed by atoms with Crippen LogP contribution in [0.15, 0.2) is 29.4 Å². The Balaban J connectivity index is 2.05. The molecule has 0 aliphatic carbocycles. The summed E-state index contributed by atoms with van der Waals surface area (Å²) < 4.78 is 6.56. The third kappa shape index (κ3) is 2.09. The second-order valence-corrected chi connectivity index (χ2v) is 5.15. The Morgan fingerprint density at radius 3 is 2.95 bits per heavy atom. The van der Waals surface area contributed by atoms with E-state index in [1.165, 1.54) is 18.9 Å². The average molecular weight is 288 g/mol. The molecule has 0 aliphatic heterocycles. The van der Waals surface area contributed by atoms with Crippen LogP contribution in [0.25, 0.3) is 22.1 Å². The second-order valence-electron chi connectivity index (χ2n) is 4.21. The third-order valence-corrected chi connectivity index (χ3v) is 3.85. The molecule has 0 saturated heterocycles. The summed E-state index contributed by atoms with van der Waals surface area (Å²) in [7, 11) is 3.29. The van der Waals surface area contributed by atoms with Crippen LogP contribution in [-0.4, -0.2) is 38.6 Å². The van der Waals surface area contributed by atoms with Crippen LogP contribution in [-0.2, 0) is 16.6 Å². The number of methoxy groups -OCH3 is 1. The molecule has 0 spiro atoms. The number of fused-ring (bicyclic) bond motifs is 3. The molecule has 0 atom stereocenters. The van der Waals surface area contributed by atoms with E-state index in [2.05, 4.69) is 19.9 Å². The van der Waals surface area contributed by atoms with Crippen LogP contribution in [0.4, 0.5) is 0 Å². The van der Waals surface area contributed by atoms with E-state index in [-0.39, 0.29) is 11.7 Å². The van der Waals surface area contributed by atoms with Gasteiger partial charge in [-0.25, -0.2) is 4.98 Å². The average Bonchev–Trinajstić information content (AvgIpc) is 2.78. The molecule has 2 heterocycles. The predicted molar refractivity (Wildman–Crippen MR) is 76.6 cm³/mol. The SMILES string of the molecule is COC(=O)CSc1nnc2c3ccccc3n(C)c2n1. The quantitative estimate of drug-likeness (QED) is 0.540. The van der Waals surface area contributed by atoms with Crippen molar-refractivity contribution >= 4 is 39.8 Å². The Kier molecular flexibility index (Phi) is 3.27. The van der Waals surface area contributed by atoms with Crippen LogP contribution in [0.5, 0.6) is 0 Å². The molecule has 3 rings (SSSR count). The van der Waals surface area contributed by atoms with E-state index in [9.17, 15) is 4.79 Å². The lowest BCUT2D eigenvalue weighted by Gasteiger charge is -1.99. The van der Waals surface area contributed by atoms with Crippen LogP contribution in [0.1, 0.15) is 0 Å². The van der Waals surface area contributed by atoms with Crippen molar-refractivity contribution in [3.63, 3.8) is 0 Å². The van der Waals surface area contributed by atoms with Gasteiger partial charge in [0, 0.05) is 12.4 Å². The van der Waals surface area contributed by atoms with Crippen molar-refractivity contribution < 1.29 is 9.53 Å². The van der Waals surface area contributed by atoms with E-state index in [0.29, 0.717) is 5.16 Å². The van der Waals surface area contributed by atoms with Gasteiger partial charge < -0.3 is 9.30 Å². The minimum atomic E-state index is -0.310. The minimum absolute atomic E-state index is 0.174. The summed E-state index contributed by atoms with van der Waals surface area (Å²) in [6, 6.07) is 7.94. The monoisotopic (exact) mass is 288 g/mol. The maximum Gasteiger partial charge on any atom is 0.316 e. The Morgan fingerprint density at radius 2 is 2.15 bits per heavy atom. The number of nitrogens with zero attached hydrogens (tertiary/aromatic N) is 4. The first kappa shape index (κ1) is 12.9. The van der Waals surface area contributed by atoms with Gasteiger partial charge in [0.15, 0.2) is 5.65 Å². The molecule has 1 aromatic carbocycles. The zero-order chi connectivity index (χ0) is 14.1. The largest absolute Gasteiger partial charge is 0.468 e.